The molecule has 0 radical (unpaired) electrons. The van der Waals surface area contributed by atoms with Crippen LogP contribution in [0.2, 0.25) is 0 Å². The Morgan fingerprint density at radius 3 is 2.69 bits per heavy atom. The van der Waals surface area contributed by atoms with E-state index in [1.807, 2.05) is 6.92 Å². The van der Waals surface area contributed by atoms with Crippen molar-refractivity contribution in [3.8, 4) is 0 Å². The SMILES string of the molecule is CCc1ccc(S(=O)(=O)NOCCOC)s1. The molecule has 16 heavy (non-hydrogen) atoms. The number of hydrogen-bond donors (Lipinski definition) is 1. The van der Waals surface area contributed by atoms with Gasteiger partial charge in [-0.15, -0.1) is 11.3 Å². The van der Waals surface area contributed by atoms with Gasteiger partial charge >= 0.3 is 0 Å². The van der Waals surface area contributed by atoms with Crippen LogP contribution < -0.4 is 4.89 Å². The van der Waals surface area contributed by atoms with E-state index in [-0.39, 0.29) is 10.8 Å². The highest BCUT2D eigenvalue weighted by molar-refractivity contribution is 7.91. The van der Waals surface area contributed by atoms with E-state index < -0.39 is 10.0 Å². The Balaban J connectivity index is 2.56. The molecular formula is C9H15NO4S2. The van der Waals surface area contributed by atoms with Gasteiger partial charge in [-0.1, -0.05) is 11.8 Å². The minimum atomic E-state index is -3.54. The van der Waals surface area contributed by atoms with Crippen LogP contribution in [0.5, 0.6) is 0 Å². The van der Waals surface area contributed by atoms with E-state index in [2.05, 4.69) is 4.89 Å². The minimum Gasteiger partial charge on any atom is -0.382 e. The van der Waals surface area contributed by atoms with E-state index in [4.69, 9.17) is 9.57 Å². The van der Waals surface area contributed by atoms with E-state index in [0.29, 0.717) is 6.61 Å². The first kappa shape index (κ1) is 13.6. The quantitative estimate of drug-likeness (QED) is 0.593. The molecule has 0 unspecified atom stereocenters. The van der Waals surface area contributed by atoms with Crippen LogP contribution in [0.4, 0.5) is 0 Å². The van der Waals surface area contributed by atoms with Crippen LogP contribution in [-0.2, 0) is 26.0 Å². The largest absolute Gasteiger partial charge is 0.382 e. The number of ether oxygens (including phenoxy) is 1. The Hall–Kier alpha value is -0.470. The number of nitrogens with one attached hydrogen (secondary N) is 1. The fourth-order valence-corrected chi connectivity index (χ4v) is 3.08. The molecule has 0 saturated carbocycles. The summed E-state index contributed by atoms with van der Waals surface area (Å²) >= 11 is 1.24. The summed E-state index contributed by atoms with van der Waals surface area (Å²) < 4.78 is 28.3. The zero-order chi connectivity index (χ0) is 12.0. The molecule has 5 nitrogen and oxygen atoms in total. The molecule has 7 heteroatoms. The number of hydrogen-bond acceptors (Lipinski definition) is 5. The summed E-state index contributed by atoms with van der Waals surface area (Å²) in [5.74, 6) is 0. The number of sulfonamides is 1. The number of methoxy groups -OCH3 is 1. The third-order valence-electron chi connectivity index (χ3n) is 1.81. The molecular weight excluding hydrogens is 250 g/mol. The molecule has 0 aromatic carbocycles. The van der Waals surface area contributed by atoms with Gasteiger partial charge in [0.2, 0.25) is 0 Å². The van der Waals surface area contributed by atoms with E-state index in [1.54, 1.807) is 12.1 Å². The predicted molar refractivity (Wildman–Crippen MR) is 61.8 cm³/mol. The van der Waals surface area contributed by atoms with Crippen LogP contribution in [0.1, 0.15) is 11.8 Å². The standard InChI is InChI=1S/C9H15NO4S2/c1-3-8-4-5-9(15-8)16(11,12)10-14-7-6-13-2/h4-5,10H,3,6-7H2,1-2H3. The molecule has 1 heterocycles. The maximum Gasteiger partial charge on any atom is 0.271 e. The molecule has 92 valence electrons. The van der Waals surface area contributed by atoms with Crippen molar-refractivity contribution in [2.24, 2.45) is 0 Å². The average molecular weight is 265 g/mol. The van der Waals surface area contributed by atoms with E-state index in [0.717, 1.165) is 11.3 Å². The molecule has 1 aromatic rings. The molecule has 1 N–H and O–H groups in total. The van der Waals surface area contributed by atoms with Crippen molar-refractivity contribution >= 4 is 21.4 Å². The van der Waals surface area contributed by atoms with Gasteiger partial charge in [-0.25, -0.2) is 8.42 Å². The Morgan fingerprint density at radius 1 is 1.38 bits per heavy atom. The van der Waals surface area contributed by atoms with Gasteiger partial charge in [-0.3, -0.25) is 4.84 Å². The van der Waals surface area contributed by atoms with Crippen molar-refractivity contribution < 1.29 is 18.0 Å². The van der Waals surface area contributed by atoms with E-state index in [1.165, 1.54) is 18.4 Å². The highest BCUT2D eigenvalue weighted by atomic mass is 32.2. The number of rotatable bonds is 7. The zero-order valence-corrected chi connectivity index (χ0v) is 10.9. The van der Waals surface area contributed by atoms with Gasteiger partial charge < -0.3 is 4.74 Å². The van der Waals surface area contributed by atoms with Crippen molar-refractivity contribution in [3.05, 3.63) is 17.0 Å². The average Bonchev–Trinajstić information content (AvgIpc) is 2.73. The van der Waals surface area contributed by atoms with Gasteiger partial charge in [0, 0.05) is 12.0 Å². The fraction of sp³-hybridized carbons (Fsp3) is 0.556. The number of thiophene rings is 1. The minimum absolute atomic E-state index is 0.182. The Labute approximate surface area is 99.4 Å². The third-order valence-corrected chi connectivity index (χ3v) is 4.74. The van der Waals surface area contributed by atoms with Crippen molar-refractivity contribution in [1.29, 1.82) is 0 Å². The summed E-state index contributed by atoms with van der Waals surface area (Å²) in [5.41, 5.74) is 0. The second kappa shape index (κ2) is 6.31. The summed E-state index contributed by atoms with van der Waals surface area (Å²) in [6.45, 7) is 2.50. The van der Waals surface area contributed by atoms with Gasteiger partial charge in [0.25, 0.3) is 10.0 Å². The molecule has 0 spiro atoms. The van der Waals surface area contributed by atoms with Crippen LogP contribution in [0, 0.1) is 0 Å². The van der Waals surface area contributed by atoms with Crippen LogP contribution >= 0.6 is 11.3 Å². The fourth-order valence-electron chi connectivity index (χ4n) is 0.978. The molecule has 1 aromatic heterocycles. The smallest absolute Gasteiger partial charge is 0.271 e. The molecule has 0 saturated heterocycles. The van der Waals surface area contributed by atoms with Gasteiger partial charge in [0.05, 0.1) is 13.2 Å². The molecule has 1 rings (SSSR count). The molecule has 0 aliphatic rings. The molecule has 0 atom stereocenters. The first-order chi connectivity index (χ1) is 7.60. The van der Waals surface area contributed by atoms with Gasteiger partial charge in [-0.2, -0.15) is 0 Å². The molecule has 0 fully saturated rings. The van der Waals surface area contributed by atoms with E-state index in [9.17, 15) is 8.42 Å². The second-order valence-corrected chi connectivity index (χ2v) is 6.04. The highest BCUT2D eigenvalue weighted by Crippen LogP contribution is 2.21. The third kappa shape index (κ3) is 3.84. The topological polar surface area (TPSA) is 64.6 Å². The Morgan fingerprint density at radius 2 is 2.12 bits per heavy atom. The lowest BCUT2D eigenvalue weighted by molar-refractivity contribution is 0.0439. The van der Waals surface area contributed by atoms with Crippen LogP contribution in [0.3, 0.4) is 0 Å². The van der Waals surface area contributed by atoms with Crippen molar-refractivity contribution in [2.45, 2.75) is 17.6 Å². The van der Waals surface area contributed by atoms with Crippen LogP contribution in [0.25, 0.3) is 0 Å². The summed E-state index contributed by atoms with van der Waals surface area (Å²) in [4.78, 5) is 7.86. The maximum absolute atomic E-state index is 11.7. The summed E-state index contributed by atoms with van der Waals surface area (Å²) in [6, 6.07) is 3.37. The highest BCUT2D eigenvalue weighted by Gasteiger charge is 2.16. The molecule has 0 amide bonds. The zero-order valence-electron chi connectivity index (χ0n) is 9.23. The first-order valence-electron chi connectivity index (χ1n) is 4.81. The predicted octanol–water partition coefficient (Wildman–Crippen LogP) is 1.17. The van der Waals surface area contributed by atoms with E-state index >= 15 is 0 Å². The maximum atomic E-state index is 11.7. The Bertz CT molecular complexity index is 413. The molecule has 0 bridgehead atoms. The second-order valence-electron chi connectivity index (χ2n) is 3.00. The lowest BCUT2D eigenvalue weighted by Gasteiger charge is -2.04. The van der Waals surface area contributed by atoms with Crippen LogP contribution in [0.15, 0.2) is 16.3 Å². The van der Waals surface area contributed by atoms with Crippen molar-refractivity contribution in [2.75, 3.05) is 20.3 Å². The van der Waals surface area contributed by atoms with Crippen molar-refractivity contribution in [1.82, 2.24) is 4.89 Å². The number of aryl methyl sites for hydroxylation is 1. The summed E-state index contributed by atoms with van der Waals surface area (Å²) in [6.07, 6.45) is 0.824. The van der Waals surface area contributed by atoms with Crippen LogP contribution in [-0.4, -0.2) is 28.7 Å². The molecule has 0 aliphatic carbocycles. The lowest BCUT2D eigenvalue weighted by atomic mass is 10.4. The summed E-state index contributed by atoms with van der Waals surface area (Å²) in [5, 5.41) is 0. The lowest BCUT2D eigenvalue weighted by Crippen LogP contribution is -2.25. The van der Waals surface area contributed by atoms with Gasteiger partial charge in [0.1, 0.15) is 4.21 Å². The monoisotopic (exact) mass is 265 g/mol. The first-order valence-corrected chi connectivity index (χ1v) is 7.11. The van der Waals surface area contributed by atoms with Gasteiger partial charge in [0.15, 0.2) is 0 Å². The van der Waals surface area contributed by atoms with Crippen molar-refractivity contribution in [3.63, 3.8) is 0 Å². The van der Waals surface area contributed by atoms with Gasteiger partial charge in [-0.05, 0) is 18.6 Å². The summed E-state index contributed by atoms with van der Waals surface area (Å²) in [7, 11) is -2.02. The Kier molecular flexibility index (Phi) is 5.36. The normalized spacial score (nSPS) is 11.9. The molecule has 0 aliphatic heterocycles.